The molecule has 0 bridgehead atoms. The van der Waals surface area contributed by atoms with Crippen LogP contribution in [-0.4, -0.2) is 63.6 Å². The van der Waals surface area contributed by atoms with Gasteiger partial charge in [-0.05, 0) is 19.1 Å². The highest BCUT2D eigenvalue weighted by Crippen LogP contribution is 2.24. The average Bonchev–Trinajstić information content (AvgIpc) is 3.16. The minimum absolute atomic E-state index is 0.0380. The predicted octanol–water partition coefficient (Wildman–Crippen LogP) is 1.73. The molecule has 134 valence electrons. The van der Waals surface area contributed by atoms with Gasteiger partial charge in [-0.1, -0.05) is 11.3 Å². The monoisotopic (exact) mass is 378 g/mol. The normalized spacial score (nSPS) is 27.6. The van der Waals surface area contributed by atoms with Crippen LogP contribution < -0.4 is 5.32 Å². The van der Waals surface area contributed by atoms with E-state index in [4.69, 9.17) is 11.0 Å². The molecule has 8 nitrogen and oxygen atoms in total. The number of aromatic nitrogens is 4. The second kappa shape index (κ2) is 7.40. The molecule has 0 aliphatic carbocycles. The van der Waals surface area contributed by atoms with Crippen LogP contribution in [0.25, 0.3) is 21.6 Å². The van der Waals surface area contributed by atoms with Crippen molar-refractivity contribution in [2.24, 2.45) is 0 Å². The quantitative estimate of drug-likeness (QED) is 0.739. The fourth-order valence-corrected chi connectivity index (χ4v) is 2.88. The molecule has 0 unspecified atom stereocenters. The van der Waals surface area contributed by atoms with Crippen LogP contribution in [0.2, 0.25) is 0 Å². The van der Waals surface area contributed by atoms with E-state index < -0.39 is 38.6 Å². The first-order valence-corrected chi connectivity index (χ1v) is 8.31. The number of hydrogen-bond donors (Lipinski definition) is 1. The van der Waals surface area contributed by atoms with Crippen LogP contribution in [0.4, 0.5) is 5.82 Å². The molecule has 4 rings (SSSR count). The van der Waals surface area contributed by atoms with E-state index in [1.165, 1.54) is 23.6 Å². The number of amides is 1. The van der Waals surface area contributed by atoms with Crippen molar-refractivity contribution in [1.82, 2.24) is 25.1 Å². The van der Waals surface area contributed by atoms with Crippen molar-refractivity contribution in [1.29, 1.82) is 0 Å². The maximum atomic E-state index is 12.7. The van der Waals surface area contributed by atoms with E-state index in [-0.39, 0.29) is 10.7 Å². The van der Waals surface area contributed by atoms with Gasteiger partial charge >= 0.3 is 0 Å². The Kier molecular flexibility index (Phi) is 2.85. The molecular formula is C17H18N6O2S. The van der Waals surface area contributed by atoms with Crippen LogP contribution in [0.3, 0.4) is 0 Å². The number of hydrogen-bond acceptors (Lipinski definition) is 8. The smallest absolute Gasteiger partial charge is 0.239 e. The van der Waals surface area contributed by atoms with Gasteiger partial charge in [-0.15, -0.1) is 10.2 Å². The Labute approximate surface area is 165 Å². The van der Waals surface area contributed by atoms with Crippen molar-refractivity contribution >= 4 is 34.0 Å². The molecule has 1 N–H and O–H groups in total. The number of carbonyl (C=O) groups is 1. The summed E-state index contributed by atoms with van der Waals surface area (Å²) in [7, 11) is 0. The zero-order valence-electron chi connectivity index (χ0n) is 21.5. The highest BCUT2D eigenvalue weighted by Gasteiger charge is 2.15. The van der Waals surface area contributed by atoms with E-state index in [1.54, 1.807) is 12.1 Å². The Hall–Kier alpha value is -2.49. The summed E-state index contributed by atoms with van der Waals surface area (Å²) >= 11 is 1.36. The number of carbonyl (C=O) groups excluding carboxylic acids is 1. The fourth-order valence-electron chi connectivity index (χ4n) is 2.22. The number of aryl methyl sites for hydroxylation is 1. The number of fused-ring (bicyclic) bond motifs is 1. The van der Waals surface area contributed by atoms with Gasteiger partial charge in [-0.25, -0.2) is 9.97 Å². The molecule has 1 aliphatic heterocycles. The molecule has 1 aliphatic rings. The van der Waals surface area contributed by atoms with E-state index in [0.29, 0.717) is 21.6 Å². The molecule has 0 radical (unpaired) electrons. The van der Waals surface area contributed by atoms with E-state index >= 15 is 0 Å². The van der Waals surface area contributed by atoms with Gasteiger partial charge < -0.3 is 10.1 Å². The van der Waals surface area contributed by atoms with Crippen LogP contribution in [0.1, 0.15) is 16.0 Å². The topological polar surface area (TPSA) is 93.1 Å². The standard InChI is InChI=1S/C17H18N6O2S/c1-11-21-22-17(26-11)13-3-2-12-9-18-15(8-14(12)19-13)20-16(24)10-23-4-6-25-7-5-23/h2-3,8-9H,4-7,10H2,1H3,(H,18,20,24)/i4D2,5D2,6D2,7D2. The van der Waals surface area contributed by atoms with E-state index in [1.807, 2.05) is 6.92 Å². The fraction of sp³-hybridized carbons (Fsp3) is 0.353. The maximum Gasteiger partial charge on any atom is 0.239 e. The molecule has 9 heteroatoms. The Balaban J connectivity index is 1.58. The Morgan fingerprint density at radius 3 is 3.00 bits per heavy atom. The van der Waals surface area contributed by atoms with Crippen molar-refractivity contribution < 1.29 is 20.5 Å². The van der Waals surface area contributed by atoms with Gasteiger partial charge in [-0.2, -0.15) is 0 Å². The lowest BCUT2D eigenvalue weighted by Gasteiger charge is -2.25. The number of morpholine rings is 1. The molecule has 1 fully saturated rings. The second-order valence-electron chi connectivity index (χ2n) is 5.25. The summed E-state index contributed by atoms with van der Waals surface area (Å²) in [6, 6.07) is 4.99. The zero-order chi connectivity index (χ0) is 25.1. The number of nitrogens with one attached hydrogen (secondary N) is 1. The largest absolute Gasteiger partial charge is 0.379 e. The predicted molar refractivity (Wildman–Crippen MR) is 99.1 cm³/mol. The summed E-state index contributed by atoms with van der Waals surface area (Å²) in [5.74, 6) is -0.903. The molecule has 0 aromatic carbocycles. The Morgan fingerprint density at radius 2 is 2.23 bits per heavy atom. The van der Waals surface area contributed by atoms with Crippen LogP contribution in [0.5, 0.6) is 0 Å². The molecule has 3 aromatic heterocycles. The molecular weight excluding hydrogens is 352 g/mol. The molecule has 26 heavy (non-hydrogen) atoms. The van der Waals surface area contributed by atoms with Crippen LogP contribution in [0.15, 0.2) is 24.4 Å². The van der Waals surface area contributed by atoms with Gasteiger partial charge in [-0.3, -0.25) is 9.69 Å². The third kappa shape index (κ3) is 3.85. The lowest BCUT2D eigenvalue weighted by atomic mass is 10.2. The van der Waals surface area contributed by atoms with Crippen molar-refractivity contribution in [2.45, 2.75) is 6.92 Å². The van der Waals surface area contributed by atoms with Gasteiger partial charge in [0.15, 0.2) is 5.01 Å². The molecule has 0 atom stereocenters. The lowest BCUT2D eigenvalue weighted by Crippen LogP contribution is -2.41. The molecule has 3 aromatic rings. The SMILES string of the molecule is [2H]C1([2H])OC([2H])([2H])C([2H])([2H])N(CC(=O)Nc2cc3nc(-c4nnc(C)s4)ccc3cn2)C1([2H])[2H]. The number of rotatable bonds is 4. The summed E-state index contributed by atoms with van der Waals surface area (Å²) in [6.07, 6.45) is 1.46. The van der Waals surface area contributed by atoms with E-state index in [9.17, 15) is 4.79 Å². The number of nitrogens with zero attached hydrogens (tertiary/aromatic N) is 5. The first kappa shape index (κ1) is 10.0. The summed E-state index contributed by atoms with van der Waals surface area (Å²) in [4.78, 5) is 21.4. The average molecular weight is 378 g/mol. The first-order chi connectivity index (χ1) is 15.6. The maximum absolute atomic E-state index is 12.7. The Bertz CT molecular complexity index is 1240. The summed E-state index contributed by atoms with van der Waals surface area (Å²) in [5.41, 5.74) is 1.04. The first-order valence-electron chi connectivity index (χ1n) is 11.5. The molecule has 1 saturated heterocycles. The lowest BCUT2D eigenvalue weighted by molar-refractivity contribution is -0.118. The van der Waals surface area contributed by atoms with E-state index in [2.05, 4.69) is 30.2 Å². The third-order valence-corrected chi connectivity index (χ3v) is 4.21. The minimum atomic E-state index is -3.23. The van der Waals surface area contributed by atoms with Crippen molar-refractivity contribution in [3.8, 4) is 10.7 Å². The highest BCUT2D eigenvalue weighted by molar-refractivity contribution is 7.14. The highest BCUT2D eigenvalue weighted by atomic mass is 32.1. The third-order valence-electron chi connectivity index (χ3n) is 3.35. The minimum Gasteiger partial charge on any atom is -0.379 e. The number of pyridine rings is 2. The number of anilines is 1. The van der Waals surface area contributed by atoms with Gasteiger partial charge in [0, 0.05) is 36.1 Å². The molecule has 0 spiro atoms. The van der Waals surface area contributed by atoms with Gasteiger partial charge in [0.05, 0.1) is 30.7 Å². The van der Waals surface area contributed by atoms with Crippen molar-refractivity contribution in [3.05, 3.63) is 29.4 Å². The van der Waals surface area contributed by atoms with Gasteiger partial charge in [0.25, 0.3) is 0 Å². The summed E-state index contributed by atoms with van der Waals surface area (Å²) < 4.78 is 67.1. The number of ether oxygens (including phenoxy) is 1. The second-order valence-corrected chi connectivity index (χ2v) is 6.43. The van der Waals surface area contributed by atoms with Crippen molar-refractivity contribution in [2.75, 3.05) is 38.0 Å². The molecule has 0 saturated carbocycles. The van der Waals surface area contributed by atoms with Crippen molar-refractivity contribution in [3.63, 3.8) is 0 Å². The van der Waals surface area contributed by atoms with Gasteiger partial charge in [0.2, 0.25) is 5.91 Å². The summed E-state index contributed by atoms with van der Waals surface area (Å²) in [6.45, 7) is -12.0. The van der Waals surface area contributed by atoms with E-state index in [0.717, 1.165) is 5.01 Å². The molecule has 1 amide bonds. The van der Waals surface area contributed by atoms with Gasteiger partial charge in [0.1, 0.15) is 16.5 Å². The van der Waals surface area contributed by atoms with Crippen LogP contribution >= 0.6 is 11.3 Å². The van der Waals surface area contributed by atoms with Crippen LogP contribution in [0, 0.1) is 6.92 Å². The summed E-state index contributed by atoms with van der Waals surface area (Å²) in [5, 5.41) is 12.5. The van der Waals surface area contributed by atoms with Crippen LogP contribution in [-0.2, 0) is 9.53 Å². The Morgan fingerprint density at radius 1 is 1.38 bits per heavy atom. The zero-order valence-corrected chi connectivity index (χ0v) is 14.3. The molecule has 4 heterocycles.